The van der Waals surface area contributed by atoms with Crippen LogP contribution in [0.3, 0.4) is 0 Å². The lowest BCUT2D eigenvalue weighted by atomic mass is 10.0. The van der Waals surface area contributed by atoms with E-state index in [1.165, 1.54) is 18.2 Å². The average Bonchev–Trinajstić information content (AvgIpc) is 2.56. The highest BCUT2D eigenvalue weighted by Crippen LogP contribution is 2.27. The lowest BCUT2D eigenvalue weighted by Gasteiger charge is -2.04. The smallest absolute Gasteiger partial charge is 0.338 e. The lowest BCUT2D eigenvalue weighted by Crippen LogP contribution is -2.04. The van der Waals surface area contributed by atoms with Gasteiger partial charge in [0.2, 0.25) is 0 Å². The predicted octanol–water partition coefficient (Wildman–Crippen LogP) is 2.43. The Balaban J connectivity index is 2.53. The Morgan fingerprint density at radius 2 is 2.21 bits per heavy atom. The molecule has 1 aromatic rings. The number of hydrogen-bond acceptors (Lipinski definition) is 2. The van der Waals surface area contributed by atoms with Gasteiger partial charge in [0.25, 0.3) is 0 Å². The van der Waals surface area contributed by atoms with Gasteiger partial charge >= 0.3 is 5.97 Å². The quantitative estimate of drug-likeness (QED) is 0.633. The number of carbonyl (C=O) groups excluding carboxylic acids is 1. The molecule has 0 aromatic heterocycles. The van der Waals surface area contributed by atoms with Crippen molar-refractivity contribution in [3.8, 4) is 0 Å². The highest BCUT2D eigenvalue weighted by Gasteiger charge is 2.17. The number of allylic oxidation sites excluding steroid dienone is 1. The fourth-order valence-electron chi connectivity index (χ4n) is 1.82. The minimum absolute atomic E-state index is 0.257. The molecule has 0 amide bonds. The predicted molar refractivity (Wildman–Crippen MR) is 55.1 cm³/mol. The van der Waals surface area contributed by atoms with Gasteiger partial charge in [-0.1, -0.05) is 23.8 Å². The molecule has 2 rings (SSSR count). The number of rotatable bonds is 1. The minimum atomic E-state index is -0.257. The average molecular weight is 188 g/mol. The van der Waals surface area contributed by atoms with Crippen LogP contribution in [0, 0.1) is 0 Å². The summed E-state index contributed by atoms with van der Waals surface area (Å²) in [6.45, 7) is 2.07. The number of carbonyl (C=O) groups is 1. The Morgan fingerprint density at radius 3 is 2.93 bits per heavy atom. The molecule has 2 nitrogen and oxygen atoms in total. The Bertz CT molecular complexity index is 416. The maximum atomic E-state index is 11.4. The first-order chi connectivity index (χ1) is 6.72. The molecule has 0 heterocycles. The molecule has 0 fully saturated rings. The summed E-state index contributed by atoms with van der Waals surface area (Å²) < 4.78 is 4.73. The highest BCUT2D eigenvalue weighted by atomic mass is 16.5. The van der Waals surface area contributed by atoms with E-state index in [2.05, 4.69) is 19.1 Å². The van der Waals surface area contributed by atoms with E-state index < -0.39 is 0 Å². The van der Waals surface area contributed by atoms with E-state index in [1.807, 2.05) is 6.07 Å². The molecule has 0 aliphatic heterocycles. The van der Waals surface area contributed by atoms with Crippen molar-refractivity contribution in [1.82, 2.24) is 0 Å². The van der Waals surface area contributed by atoms with E-state index in [9.17, 15) is 4.79 Å². The van der Waals surface area contributed by atoms with Crippen molar-refractivity contribution in [1.29, 1.82) is 0 Å². The summed E-state index contributed by atoms with van der Waals surface area (Å²) in [5.74, 6) is -0.257. The summed E-state index contributed by atoms with van der Waals surface area (Å²) in [4.78, 5) is 11.4. The molecular weight excluding hydrogens is 176 g/mol. The third kappa shape index (κ3) is 1.33. The Kier molecular flexibility index (Phi) is 2.12. The van der Waals surface area contributed by atoms with Crippen LogP contribution in [-0.2, 0) is 11.2 Å². The normalized spacial score (nSPS) is 13.4. The van der Waals surface area contributed by atoms with E-state index in [4.69, 9.17) is 4.74 Å². The molecule has 0 saturated heterocycles. The van der Waals surface area contributed by atoms with Crippen LogP contribution in [-0.4, -0.2) is 13.1 Å². The largest absolute Gasteiger partial charge is 0.465 e. The van der Waals surface area contributed by atoms with Gasteiger partial charge in [-0.05, 0) is 30.5 Å². The molecule has 1 aromatic carbocycles. The number of benzene rings is 1. The Morgan fingerprint density at radius 1 is 1.43 bits per heavy atom. The number of ether oxygens (including phenoxy) is 1. The van der Waals surface area contributed by atoms with Gasteiger partial charge in [-0.2, -0.15) is 0 Å². The van der Waals surface area contributed by atoms with Crippen LogP contribution in [0.4, 0.5) is 0 Å². The molecule has 0 atom stereocenters. The third-order valence-corrected chi connectivity index (χ3v) is 2.46. The summed E-state index contributed by atoms with van der Waals surface area (Å²) in [6.07, 6.45) is 3.00. The number of fused-ring (bicyclic) bond motifs is 1. The molecule has 0 N–H and O–H groups in total. The summed E-state index contributed by atoms with van der Waals surface area (Å²) in [6, 6.07) is 5.76. The molecule has 0 spiro atoms. The fraction of sp³-hybridized carbons (Fsp3) is 0.250. The van der Waals surface area contributed by atoms with Crippen LogP contribution in [0.2, 0.25) is 0 Å². The van der Waals surface area contributed by atoms with E-state index >= 15 is 0 Å². The van der Waals surface area contributed by atoms with Crippen LogP contribution in [0.15, 0.2) is 23.8 Å². The first kappa shape index (κ1) is 9.00. The maximum Gasteiger partial charge on any atom is 0.338 e. The van der Waals surface area contributed by atoms with Gasteiger partial charge in [0.15, 0.2) is 0 Å². The SMILES string of the molecule is COC(=O)c1cccc2c1C=C(C)C2. The third-order valence-electron chi connectivity index (χ3n) is 2.46. The monoisotopic (exact) mass is 188 g/mol. The van der Waals surface area contributed by atoms with Gasteiger partial charge < -0.3 is 4.74 Å². The van der Waals surface area contributed by atoms with Crippen LogP contribution < -0.4 is 0 Å². The summed E-state index contributed by atoms with van der Waals surface area (Å²) in [5, 5.41) is 0. The minimum Gasteiger partial charge on any atom is -0.465 e. The second-order valence-corrected chi connectivity index (χ2v) is 3.54. The van der Waals surface area contributed by atoms with Gasteiger partial charge in [0.05, 0.1) is 12.7 Å². The van der Waals surface area contributed by atoms with E-state index in [-0.39, 0.29) is 5.97 Å². The van der Waals surface area contributed by atoms with E-state index in [0.29, 0.717) is 5.56 Å². The first-order valence-corrected chi connectivity index (χ1v) is 4.59. The first-order valence-electron chi connectivity index (χ1n) is 4.59. The molecule has 0 unspecified atom stereocenters. The molecule has 14 heavy (non-hydrogen) atoms. The van der Waals surface area contributed by atoms with Crippen molar-refractivity contribution in [3.63, 3.8) is 0 Å². The standard InChI is InChI=1S/C12H12O2/c1-8-6-9-4-3-5-10(11(9)7-8)12(13)14-2/h3-5,7H,6H2,1-2H3. The van der Waals surface area contributed by atoms with Gasteiger partial charge in [-0.3, -0.25) is 0 Å². The van der Waals surface area contributed by atoms with E-state index in [0.717, 1.165) is 12.0 Å². The number of hydrogen-bond donors (Lipinski definition) is 0. The lowest BCUT2D eigenvalue weighted by molar-refractivity contribution is 0.0600. The molecular formula is C12H12O2. The zero-order valence-electron chi connectivity index (χ0n) is 8.33. The fourth-order valence-corrected chi connectivity index (χ4v) is 1.82. The molecule has 1 aliphatic carbocycles. The maximum absolute atomic E-state index is 11.4. The van der Waals surface area contributed by atoms with Crippen molar-refractivity contribution >= 4 is 12.0 Å². The zero-order valence-corrected chi connectivity index (χ0v) is 8.33. The van der Waals surface area contributed by atoms with Crippen molar-refractivity contribution < 1.29 is 9.53 Å². The summed E-state index contributed by atoms with van der Waals surface area (Å²) in [7, 11) is 1.41. The molecule has 2 heteroatoms. The molecule has 0 bridgehead atoms. The van der Waals surface area contributed by atoms with Crippen LogP contribution in [0.25, 0.3) is 6.08 Å². The number of esters is 1. The second-order valence-electron chi connectivity index (χ2n) is 3.54. The Labute approximate surface area is 83.2 Å². The van der Waals surface area contributed by atoms with Gasteiger partial charge in [0, 0.05) is 0 Å². The molecule has 72 valence electrons. The second kappa shape index (κ2) is 3.29. The van der Waals surface area contributed by atoms with Crippen molar-refractivity contribution in [2.75, 3.05) is 7.11 Å². The highest BCUT2D eigenvalue weighted by molar-refractivity contribution is 5.95. The topological polar surface area (TPSA) is 26.3 Å². The van der Waals surface area contributed by atoms with Crippen molar-refractivity contribution in [2.24, 2.45) is 0 Å². The molecule has 0 saturated carbocycles. The van der Waals surface area contributed by atoms with Crippen LogP contribution in [0.5, 0.6) is 0 Å². The zero-order chi connectivity index (χ0) is 10.1. The number of methoxy groups -OCH3 is 1. The summed E-state index contributed by atoms with van der Waals surface area (Å²) >= 11 is 0. The van der Waals surface area contributed by atoms with Gasteiger partial charge in [-0.15, -0.1) is 0 Å². The molecule has 0 radical (unpaired) electrons. The van der Waals surface area contributed by atoms with Gasteiger partial charge in [0.1, 0.15) is 0 Å². The Hall–Kier alpha value is -1.57. The van der Waals surface area contributed by atoms with Crippen LogP contribution in [0.1, 0.15) is 28.4 Å². The molecule has 1 aliphatic rings. The van der Waals surface area contributed by atoms with E-state index in [1.54, 1.807) is 6.07 Å². The van der Waals surface area contributed by atoms with Crippen molar-refractivity contribution in [2.45, 2.75) is 13.3 Å². The van der Waals surface area contributed by atoms with Gasteiger partial charge in [-0.25, -0.2) is 4.79 Å². The van der Waals surface area contributed by atoms with Crippen molar-refractivity contribution in [3.05, 3.63) is 40.5 Å². The summed E-state index contributed by atoms with van der Waals surface area (Å²) in [5.41, 5.74) is 4.19. The van der Waals surface area contributed by atoms with Crippen LogP contribution >= 0.6 is 0 Å².